The summed E-state index contributed by atoms with van der Waals surface area (Å²) in [5.41, 5.74) is 1.57. The second-order valence-electron chi connectivity index (χ2n) is 5.09. The number of nitrogens with zero attached hydrogens (tertiary/aromatic N) is 2. The van der Waals surface area contributed by atoms with Crippen LogP contribution in [0.3, 0.4) is 0 Å². The van der Waals surface area contributed by atoms with E-state index in [1.807, 2.05) is 30.3 Å². The van der Waals surface area contributed by atoms with Crippen LogP contribution in [0.1, 0.15) is 5.56 Å². The van der Waals surface area contributed by atoms with E-state index < -0.39 is 0 Å². The minimum atomic E-state index is -0.100. The number of hydrogen-bond donors (Lipinski definition) is 0. The molecular weight excluding hydrogens is 344 g/mol. The Morgan fingerprint density at radius 2 is 1.96 bits per heavy atom. The van der Waals surface area contributed by atoms with Gasteiger partial charge in [0.1, 0.15) is 5.75 Å². The number of rotatable bonds is 3. The Balaban J connectivity index is 1.95. The van der Waals surface area contributed by atoms with Crippen molar-refractivity contribution in [2.75, 3.05) is 14.2 Å². The van der Waals surface area contributed by atoms with Gasteiger partial charge < -0.3 is 4.74 Å². The number of ether oxygens (including phenoxy) is 1. The number of benzene rings is 2. The average molecular weight is 359 g/mol. The van der Waals surface area contributed by atoms with Gasteiger partial charge in [-0.15, -0.1) is 0 Å². The molecular formula is C18H15ClN2O2S. The van der Waals surface area contributed by atoms with Crippen molar-refractivity contribution in [3.8, 4) is 5.75 Å². The van der Waals surface area contributed by atoms with Crippen LogP contribution in [0, 0.1) is 0 Å². The SMILES string of the molecule is COc1ccc(Cl)cc1/C=C1/SC(=Nc2ccccc2)N(C)C1=O. The summed E-state index contributed by atoms with van der Waals surface area (Å²) in [4.78, 5) is 19.1. The van der Waals surface area contributed by atoms with Gasteiger partial charge in [-0.1, -0.05) is 29.8 Å². The molecule has 2 aromatic rings. The van der Waals surface area contributed by atoms with Crippen molar-refractivity contribution < 1.29 is 9.53 Å². The van der Waals surface area contributed by atoms with Gasteiger partial charge in [0.2, 0.25) is 0 Å². The molecule has 2 aromatic carbocycles. The van der Waals surface area contributed by atoms with Gasteiger partial charge in [0.05, 0.1) is 17.7 Å². The van der Waals surface area contributed by atoms with E-state index in [0.717, 1.165) is 11.3 Å². The van der Waals surface area contributed by atoms with Gasteiger partial charge in [0.25, 0.3) is 5.91 Å². The first-order valence-electron chi connectivity index (χ1n) is 7.23. The monoisotopic (exact) mass is 358 g/mol. The van der Waals surface area contributed by atoms with E-state index in [0.29, 0.717) is 20.8 Å². The highest BCUT2D eigenvalue weighted by molar-refractivity contribution is 8.18. The molecule has 0 radical (unpaired) electrons. The number of carbonyl (C=O) groups is 1. The summed E-state index contributed by atoms with van der Waals surface area (Å²) < 4.78 is 5.33. The van der Waals surface area contributed by atoms with Crippen LogP contribution >= 0.6 is 23.4 Å². The van der Waals surface area contributed by atoms with Crippen LogP contribution in [0.4, 0.5) is 5.69 Å². The zero-order valence-electron chi connectivity index (χ0n) is 13.2. The molecule has 3 rings (SSSR count). The minimum Gasteiger partial charge on any atom is -0.496 e. The van der Waals surface area contributed by atoms with E-state index in [1.165, 1.54) is 11.8 Å². The molecule has 0 atom stereocenters. The molecule has 0 spiro atoms. The molecule has 24 heavy (non-hydrogen) atoms. The second-order valence-corrected chi connectivity index (χ2v) is 6.54. The van der Waals surface area contributed by atoms with Crippen LogP contribution in [0.25, 0.3) is 6.08 Å². The third-order valence-electron chi connectivity index (χ3n) is 3.46. The van der Waals surface area contributed by atoms with Gasteiger partial charge in [-0.05, 0) is 48.2 Å². The number of carbonyl (C=O) groups excluding carboxylic acids is 1. The lowest BCUT2D eigenvalue weighted by atomic mass is 10.2. The molecule has 1 aliphatic heterocycles. The van der Waals surface area contributed by atoms with E-state index in [9.17, 15) is 4.79 Å². The summed E-state index contributed by atoms with van der Waals surface area (Å²) in [6.45, 7) is 0. The highest BCUT2D eigenvalue weighted by Gasteiger charge is 2.30. The number of methoxy groups -OCH3 is 1. The summed E-state index contributed by atoms with van der Waals surface area (Å²) in [5, 5.41) is 1.23. The third kappa shape index (κ3) is 3.47. The lowest BCUT2D eigenvalue weighted by molar-refractivity contribution is -0.121. The fourth-order valence-corrected chi connectivity index (χ4v) is 3.38. The molecule has 0 aromatic heterocycles. The number of aliphatic imine (C=N–C) groups is 1. The van der Waals surface area contributed by atoms with Crippen LogP contribution in [-0.4, -0.2) is 30.1 Å². The Hall–Kier alpha value is -2.24. The molecule has 1 saturated heterocycles. The number of hydrogen-bond acceptors (Lipinski definition) is 4. The van der Waals surface area contributed by atoms with Gasteiger partial charge in [-0.25, -0.2) is 4.99 Å². The minimum absolute atomic E-state index is 0.100. The van der Waals surface area contributed by atoms with E-state index >= 15 is 0 Å². The second kappa shape index (κ2) is 7.11. The molecule has 0 unspecified atom stereocenters. The number of thioether (sulfide) groups is 1. The smallest absolute Gasteiger partial charge is 0.266 e. The molecule has 1 fully saturated rings. The maximum absolute atomic E-state index is 12.5. The molecule has 0 saturated carbocycles. The number of amidine groups is 1. The van der Waals surface area contributed by atoms with E-state index in [1.54, 1.807) is 43.3 Å². The maximum Gasteiger partial charge on any atom is 0.266 e. The van der Waals surface area contributed by atoms with E-state index in [-0.39, 0.29) is 5.91 Å². The largest absolute Gasteiger partial charge is 0.496 e. The quantitative estimate of drug-likeness (QED) is 0.754. The zero-order chi connectivity index (χ0) is 17.1. The third-order valence-corrected chi connectivity index (χ3v) is 4.76. The van der Waals surface area contributed by atoms with Crippen molar-refractivity contribution in [1.29, 1.82) is 0 Å². The van der Waals surface area contributed by atoms with Gasteiger partial charge in [-0.3, -0.25) is 9.69 Å². The highest BCUT2D eigenvalue weighted by atomic mass is 35.5. The molecule has 0 aliphatic carbocycles. The molecule has 0 bridgehead atoms. The van der Waals surface area contributed by atoms with Crippen molar-refractivity contribution in [2.24, 2.45) is 4.99 Å². The number of likely N-dealkylation sites (N-methyl/N-ethyl adjacent to an activating group) is 1. The molecule has 1 heterocycles. The van der Waals surface area contributed by atoms with Crippen molar-refractivity contribution in [3.63, 3.8) is 0 Å². The normalized spacial score (nSPS) is 17.8. The van der Waals surface area contributed by atoms with Crippen molar-refractivity contribution in [2.45, 2.75) is 0 Å². The summed E-state index contributed by atoms with van der Waals surface area (Å²) in [6, 6.07) is 14.8. The molecule has 6 heteroatoms. The number of halogens is 1. The van der Waals surface area contributed by atoms with Gasteiger partial charge >= 0.3 is 0 Å². The number of para-hydroxylation sites is 1. The maximum atomic E-state index is 12.5. The van der Waals surface area contributed by atoms with Gasteiger partial charge in [0, 0.05) is 17.6 Å². The first kappa shape index (κ1) is 16.6. The predicted molar refractivity (Wildman–Crippen MR) is 99.9 cm³/mol. The predicted octanol–water partition coefficient (Wildman–Crippen LogP) is 4.58. The van der Waals surface area contributed by atoms with Crippen molar-refractivity contribution in [3.05, 3.63) is 64.0 Å². The van der Waals surface area contributed by atoms with Gasteiger partial charge in [0.15, 0.2) is 5.17 Å². The van der Waals surface area contributed by atoms with E-state index in [2.05, 4.69) is 4.99 Å². The molecule has 0 N–H and O–H groups in total. The Morgan fingerprint density at radius 1 is 1.21 bits per heavy atom. The van der Waals surface area contributed by atoms with Crippen LogP contribution in [0.5, 0.6) is 5.75 Å². The Kier molecular flexibility index (Phi) is 4.92. The fourth-order valence-electron chi connectivity index (χ4n) is 2.22. The fraction of sp³-hybridized carbons (Fsp3) is 0.111. The van der Waals surface area contributed by atoms with Gasteiger partial charge in [-0.2, -0.15) is 0 Å². The summed E-state index contributed by atoms with van der Waals surface area (Å²) in [6.07, 6.45) is 1.78. The van der Waals surface area contributed by atoms with Crippen molar-refractivity contribution in [1.82, 2.24) is 4.90 Å². The average Bonchev–Trinajstić information content (AvgIpc) is 2.84. The molecule has 1 amide bonds. The molecule has 4 nitrogen and oxygen atoms in total. The number of amides is 1. The lowest BCUT2D eigenvalue weighted by Crippen LogP contribution is -2.23. The van der Waals surface area contributed by atoms with Crippen LogP contribution in [0.2, 0.25) is 5.02 Å². The van der Waals surface area contributed by atoms with E-state index in [4.69, 9.17) is 16.3 Å². The lowest BCUT2D eigenvalue weighted by Gasteiger charge is -2.07. The van der Waals surface area contributed by atoms with Crippen LogP contribution in [-0.2, 0) is 4.79 Å². The zero-order valence-corrected chi connectivity index (χ0v) is 14.8. The first-order chi connectivity index (χ1) is 11.6. The Morgan fingerprint density at radius 3 is 2.67 bits per heavy atom. The summed E-state index contributed by atoms with van der Waals surface area (Å²) in [7, 11) is 3.30. The Bertz CT molecular complexity index is 834. The standard InChI is InChI=1S/C18H15ClN2O2S/c1-21-17(22)16(11-12-10-13(19)8-9-15(12)23-2)24-18(21)20-14-6-4-3-5-7-14/h3-11H,1-2H3/b16-11+,20-18?. The molecule has 1 aliphatic rings. The first-order valence-corrected chi connectivity index (χ1v) is 8.43. The van der Waals surface area contributed by atoms with Crippen molar-refractivity contribution >= 4 is 46.2 Å². The summed E-state index contributed by atoms with van der Waals surface area (Å²) >= 11 is 7.38. The molecule has 122 valence electrons. The van der Waals surface area contributed by atoms with Crippen LogP contribution < -0.4 is 4.74 Å². The summed E-state index contributed by atoms with van der Waals surface area (Å²) in [5.74, 6) is 0.563. The Labute approximate surface area is 149 Å². The van der Waals surface area contributed by atoms with Crippen LogP contribution in [0.15, 0.2) is 58.4 Å². The highest BCUT2D eigenvalue weighted by Crippen LogP contribution is 2.35. The topological polar surface area (TPSA) is 41.9 Å².